The maximum atomic E-state index is 12.8. The van der Waals surface area contributed by atoms with Crippen molar-refractivity contribution in [2.75, 3.05) is 37.5 Å². The molecule has 1 saturated heterocycles. The Bertz CT molecular complexity index is 1020. The van der Waals surface area contributed by atoms with E-state index in [9.17, 15) is 4.79 Å². The number of ether oxygens (including phenoxy) is 2. The number of amides is 1. The van der Waals surface area contributed by atoms with Gasteiger partial charge in [-0.3, -0.25) is 9.78 Å². The Balaban J connectivity index is 1.39. The predicted molar refractivity (Wildman–Crippen MR) is 113 cm³/mol. The summed E-state index contributed by atoms with van der Waals surface area (Å²) in [5.74, 6) is 2.09. The van der Waals surface area contributed by atoms with E-state index in [0.717, 1.165) is 42.8 Å². The van der Waals surface area contributed by atoms with Gasteiger partial charge in [-0.05, 0) is 37.1 Å². The first-order valence-corrected chi connectivity index (χ1v) is 9.67. The van der Waals surface area contributed by atoms with Gasteiger partial charge in [0.25, 0.3) is 0 Å². The number of nitrogens with one attached hydrogen (secondary N) is 1. The van der Waals surface area contributed by atoms with Gasteiger partial charge in [-0.25, -0.2) is 4.98 Å². The Morgan fingerprint density at radius 2 is 1.83 bits per heavy atom. The summed E-state index contributed by atoms with van der Waals surface area (Å²) in [6, 6.07) is 13.2. The van der Waals surface area contributed by atoms with E-state index in [2.05, 4.69) is 15.2 Å². The topological polar surface area (TPSA) is 76.6 Å². The molecule has 0 spiro atoms. The Labute approximate surface area is 169 Å². The van der Waals surface area contributed by atoms with Gasteiger partial charge in [-0.1, -0.05) is 12.1 Å². The van der Waals surface area contributed by atoms with Gasteiger partial charge in [-0.15, -0.1) is 0 Å². The molecule has 1 fully saturated rings. The van der Waals surface area contributed by atoms with Crippen molar-refractivity contribution in [2.45, 2.75) is 12.8 Å². The monoisotopic (exact) mass is 392 g/mol. The van der Waals surface area contributed by atoms with Crippen LogP contribution in [0.4, 0.5) is 11.5 Å². The largest absolute Gasteiger partial charge is 0.497 e. The molecule has 150 valence electrons. The van der Waals surface area contributed by atoms with Crippen molar-refractivity contribution in [3.8, 4) is 11.5 Å². The molecule has 7 heteroatoms. The number of carbonyl (C=O) groups excluding carboxylic acids is 1. The molecule has 4 rings (SSSR count). The second-order valence-corrected chi connectivity index (χ2v) is 7.03. The number of carbonyl (C=O) groups is 1. The standard InChI is InChI=1S/C22H24N4O3/c1-28-16-7-8-19(20(13-16)29-2)25-22(27)15-9-11-26(12-10-15)21-14-23-17-5-3-4-6-18(17)24-21/h3-8,13-15H,9-12H2,1-2H3,(H,25,27). The number of para-hydroxylation sites is 2. The Hall–Kier alpha value is -3.35. The summed E-state index contributed by atoms with van der Waals surface area (Å²) in [6.07, 6.45) is 3.34. The van der Waals surface area contributed by atoms with Crippen LogP contribution in [0.15, 0.2) is 48.7 Å². The third-order valence-electron chi connectivity index (χ3n) is 5.29. The number of aromatic nitrogens is 2. The molecule has 1 N–H and O–H groups in total. The minimum Gasteiger partial charge on any atom is -0.497 e. The molecule has 1 aromatic heterocycles. The molecule has 3 aromatic rings. The van der Waals surface area contributed by atoms with Crippen molar-refractivity contribution >= 4 is 28.4 Å². The minimum absolute atomic E-state index is 0.0118. The molecule has 0 radical (unpaired) electrons. The van der Waals surface area contributed by atoms with E-state index in [0.29, 0.717) is 17.2 Å². The highest BCUT2D eigenvalue weighted by Gasteiger charge is 2.26. The van der Waals surface area contributed by atoms with Gasteiger partial charge in [-0.2, -0.15) is 0 Å². The van der Waals surface area contributed by atoms with E-state index in [1.54, 1.807) is 32.4 Å². The first-order valence-electron chi connectivity index (χ1n) is 9.67. The van der Waals surface area contributed by atoms with Crippen LogP contribution in [0.5, 0.6) is 11.5 Å². The van der Waals surface area contributed by atoms with Crippen LogP contribution < -0.4 is 19.7 Å². The molecule has 0 atom stereocenters. The molecule has 0 saturated carbocycles. The smallest absolute Gasteiger partial charge is 0.227 e. The number of piperidine rings is 1. The first kappa shape index (κ1) is 19.0. The van der Waals surface area contributed by atoms with Crippen molar-refractivity contribution in [3.05, 3.63) is 48.7 Å². The Morgan fingerprint density at radius 3 is 2.55 bits per heavy atom. The molecule has 0 aliphatic carbocycles. The molecule has 2 aromatic carbocycles. The van der Waals surface area contributed by atoms with E-state index in [1.807, 2.05) is 30.5 Å². The average molecular weight is 392 g/mol. The summed E-state index contributed by atoms with van der Waals surface area (Å²) >= 11 is 0. The van der Waals surface area contributed by atoms with Crippen LogP contribution in [0.2, 0.25) is 0 Å². The maximum absolute atomic E-state index is 12.8. The fourth-order valence-corrected chi connectivity index (χ4v) is 3.61. The lowest BCUT2D eigenvalue weighted by Gasteiger charge is -2.32. The zero-order valence-corrected chi connectivity index (χ0v) is 16.6. The molecule has 0 unspecified atom stereocenters. The van der Waals surface area contributed by atoms with Crippen molar-refractivity contribution < 1.29 is 14.3 Å². The van der Waals surface area contributed by atoms with Crippen LogP contribution in [-0.4, -0.2) is 43.2 Å². The number of anilines is 2. The highest BCUT2D eigenvalue weighted by molar-refractivity contribution is 5.94. The number of nitrogens with zero attached hydrogens (tertiary/aromatic N) is 3. The van der Waals surface area contributed by atoms with Gasteiger partial charge in [0, 0.05) is 25.1 Å². The number of rotatable bonds is 5. The molecule has 0 bridgehead atoms. The van der Waals surface area contributed by atoms with Gasteiger partial charge >= 0.3 is 0 Å². The molecule has 1 aliphatic heterocycles. The van der Waals surface area contributed by atoms with Gasteiger partial charge in [0.2, 0.25) is 5.91 Å². The maximum Gasteiger partial charge on any atom is 0.227 e. The Kier molecular flexibility index (Phi) is 5.46. The van der Waals surface area contributed by atoms with Crippen LogP contribution in [-0.2, 0) is 4.79 Å². The second-order valence-electron chi connectivity index (χ2n) is 7.03. The van der Waals surface area contributed by atoms with Crippen LogP contribution in [0.3, 0.4) is 0 Å². The van der Waals surface area contributed by atoms with Crippen molar-refractivity contribution in [1.29, 1.82) is 0 Å². The zero-order chi connectivity index (χ0) is 20.2. The lowest BCUT2D eigenvalue weighted by Crippen LogP contribution is -2.38. The fraction of sp³-hybridized carbons (Fsp3) is 0.318. The van der Waals surface area contributed by atoms with Crippen LogP contribution in [0.25, 0.3) is 11.0 Å². The van der Waals surface area contributed by atoms with Crippen LogP contribution >= 0.6 is 0 Å². The molecule has 7 nitrogen and oxygen atoms in total. The quantitative estimate of drug-likeness (QED) is 0.716. The summed E-state index contributed by atoms with van der Waals surface area (Å²) in [5, 5.41) is 3.00. The van der Waals surface area contributed by atoms with E-state index in [4.69, 9.17) is 14.5 Å². The number of fused-ring (bicyclic) bond motifs is 1. The number of hydrogen-bond donors (Lipinski definition) is 1. The van der Waals surface area contributed by atoms with Crippen molar-refractivity contribution in [3.63, 3.8) is 0 Å². The number of hydrogen-bond acceptors (Lipinski definition) is 6. The predicted octanol–water partition coefficient (Wildman–Crippen LogP) is 3.50. The van der Waals surface area contributed by atoms with Gasteiger partial charge in [0.15, 0.2) is 0 Å². The van der Waals surface area contributed by atoms with E-state index >= 15 is 0 Å². The SMILES string of the molecule is COc1ccc(NC(=O)C2CCN(c3cnc4ccccc4n3)CC2)c(OC)c1. The van der Waals surface area contributed by atoms with Gasteiger partial charge < -0.3 is 19.7 Å². The molecule has 2 heterocycles. The molecule has 29 heavy (non-hydrogen) atoms. The van der Waals surface area contributed by atoms with Crippen molar-refractivity contribution in [1.82, 2.24) is 9.97 Å². The molecule has 1 aliphatic rings. The molecular formula is C22H24N4O3. The average Bonchev–Trinajstić information content (AvgIpc) is 2.79. The van der Waals surface area contributed by atoms with E-state index < -0.39 is 0 Å². The summed E-state index contributed by atoms with van der Waals surface area (Å²) < 4.78 is 10.6. The minimum atomic E-state index is -0.0496. The first-order chi connectivity index (χ1) is 14.2. The summed E-state index contributed by atoms with van der Waals surface area (Å²) in [4.78, 5) is 24.2. The molecular weight excluding hydrogens is 368 g/mol. The Morgan fingerprint density at radius 1 is 1.07 bits per heavy atom. The zero-order valence-electron chi connectivity index (χ0n) is 16.6. The van der Waals surface area contributed by atoms with Gasteiger partial charge in [0.05, 0.1) is 37.1 Å². The van der Waals surface area contributed by atoms with Crippen LogP contribution in [0, 0.1) is 5.92 Å². The summed E-state index contributed by atoms with van der Waals surface area (Å²) in [7, 11) is 3.17. The lowest BCUT2D eigenvalue weighted by molar-refractivity contribution is -0.120. The highest BCUT2D eigenvalue weighted by Crippen LogP contribution is 2.30. The fourth-order valence-electron chi connectivity index (χ4n) is 3.61. The second kappa shape index (κ2) is 8.34. The van der Waals surface area contributed by atoms with Gasteiger partial charge in [0.1, 0.15) is 17.3 Å². The van der Waals surface area contributed by atoms with E-state index in [-0.39, 0.29) is 11.8 Å². The van der Waals surface area contributed by atoms with E-state index in [1.165, 1.54) is 0 Å². The number of benzene rings is 2. The third-order valence-corrected chi connectivity index (χ3v) is 5.29. The van der Waals surface area contributed by atoms with Crippen molar-refractivity contribution in [2.24, 2.45) is 5.92 Å². The summed E-state index contributed by atoms with van der Waals surface area (Å²) in [6.45, 7) is 1.54. The van der Waals surface area contributed by atoms with Crippen LogP contribution in [0.1, 0.15) is 12.8 Å². The lowest BCUT2D eigenvalue weighted by atomic mass is 9.96. The number of methoxy groups -OCH3 is 2. The summed E-state index contributed by atoms with van der Waals surface area (Å²) in [5.41, 5.74) is 2.43. The molecule has 1 amide bonds. The normalized spacial score (nSPS) is 14.6. The highest BCUT2D eigenvalue weighted by atomic mass is 16.5. The third kappa shape index (κ3) is 4.08.